The molecular formula is C15H22N2O4. The molecule has 0 heterocycles. The van der Waals surface area contributed by atoms with E-state index in [2.05, 4.69) is 11.2 Å². The third kappa shape index (κ3) is 6.80. The molecule has 116 valence electrons. The molecular weight excluding hydrogens is 272 g/mol. The number of carboxylic acid groups (broad SMARTS) is 1. The summed E-state index contributed by atoms with van der Waals surface area (Å²) < 4.78 is 0. The van der Waals surface area contributed by atoms with Crippen molar-refractivity contribution in [3.05, 3.63) is 0 Å². The quantitative estimate of drug-likeness (QED) is 0.696. The van der Waals surface area contributed by atoms with Crippen molar-refractivity contribution in [1.29, 1.82) is 0 Å². The predicted octanol–water partition coefficient (Wildman–Crippen LogP) is 1.46. The van der Waals surface area contributed by atoms with Crippen molar-refractivity contribution in [3.63, 3.8) is 0 Å². The molecule has 0 aromatic rings. The van der Waals surface area contributed by atoms with E-state index in [-0.39, 0.29) is 19.4 Å². The summed E-state index contributed by atoms with van der Waals surface area (Å²) in [5, 5.41) is 11.1. The van der Waals surface area contributed by atoms with Crippen molar-refractivity contribution in [2.24, 2.45) is 11.3 Å². The highest BCUT2D eigenvalue weighted by molar-refractivity contribution is 5.94. The van der Waals surface area contributed by atoms with E-state index in [1.54, 1.807) is 13.8 Å². The number of hydrogen-bond acceptors (Lipinski definition) is 3. The maximum Gasteiger partial charge on any atom is 0.324 e. The van der Waals surface area contributed by atoms with Crippen LogP contribution in [0.2, 0.25) is 0 Å². The topological polar surface area (TPSA) is 86.7 Å². The van der Waals surface area contributed by atoms with Gasteiger partial charge in [0.25, 0.3) is 0 Å². The molecule has 0 unspecified atom stereocenters. The third-order valence-corrected chi connectivity index (χ3v) is 3.26. The molecule has 6 nitrogen and oxygen atoms in total. The smallest absolute Gasteiger partial charge is 0.324 e. The van der Waals surface area contributed by atoms with Gasteiger partial charge in [-0.05, 0) is 24.2 Å². The third-order valence-electron chi connectivity index (χ3n) is 3.26. The van der Waals surface area contributed by atoms with Crippen molar-refractivity contribution in [1.82, 2.24) is 10.2 Å². The molecule has 3 amide bonds. The molecule has 1 fully saturated rings. The lowest BCUT2D eigenvalue weighted by atomic mass is 9.85. The van der Waals surface area contributed by atoms with Gasteiger partial charge in [-0.2, -0.15) is 0 Å². The van der Waals surface area contributed by atoms with Crippen LogP contribution in [0.1, 0.15) is 39.5 Å². The zero-order valence-corrected chi connectivity index (χ0v) is 12.5. The Balaban J connectivity index is 2.49. The Morgan fingerprint density at radius 1 is 1.33 bits per heavy atom. The molecule has 1 rings (SSSR count). The Kier molecular flexibility index (Phi) is 5.77. The molecule has 1 aliphatic carbocycles. The Labute approximate surface area is 124 Å². The van der Waals surface area contributed by atoms with Crippen LogP contribution in [0.15, 0.2) is 0 Å². The summed E-state index contributed by atoms with van der Waals surface area (Å²) in [7, 11) is 0. The predicted molar refractivity (Wildman–Crippen MR) is 77.3 cm³/mol. The Bertz CT molecular complexity index is 461. The summed E-state index contributed by atoms with van der Waals surface area (Å²) in [6.45, 7) is 4.07. The number of rotatable bonds is 7. The fourth-order valence-corrected chi connectivity index (χ4v) is 2.09. The van der Waals surface area contributed by atoms with Gasteiger partial charge in [0.1, 0.15) is 0 Å². The highest BCUT2D eigenvalue weighted by Gasteiger charge is 2.29. The van der Waals surface area contributed by atoms with Gasteiger partial charge in [0.15, 0.2) is 0 Å². The van der Waals surface area contributed by atoms with E-state index in [4.69, 9.17) is 11.5 Å². The minimum atomic E-state index is -0.971. The summed E-state index contributed by atoms with van der Waals surface area (Å²) in [5.41, 5.74) is -0.705. The lowest BCUT2D eigenvalue weighted by Crippen LogP contribution is -2.45. The van der Waals surface area contributed by atoms with E-state index < -0.39 is 23.3 Å². The van der Waals surface area contributed by atoms with Gasteiger partial charge in [-0.1, -0.05) is 19.8 Å². The summed E-state index contributed by atoms with van der Waals surface area (Å²) in [6.07, 6.45) is 7.22. The van der Waals surface area contributed by atoms with Crippen molar-refractivity contribution in [3.8, 4) is 12.3 Å². The standard InChI is InChI=1S/C15H22N2O4/c1-4-7-17(10-11-5-6-11)14(21)16-12(18)8-15(2,3)9-13(19)20/h1,11H,5-10H2,2-3H3,(H,19,20)(H,16,18,21). The number of terminal acetylenes is 1. The molecule has 0 bridgehead atoms. The molecule has 0 spiro atoms. The first-order valence-corrected chi connectivity index (χ1v) is 6.97. The van der Waals surface area contributed by atoms with Crippen molar-refractivity contribution in [2.75, 3.05) is 13.1 Å². The second-order valence-electron chi connectivity index (χ2n) is 6.29. The van der Waals surface area contributed by atoms with Gasteiger partial charge in [-0.25, -0.2) is 4.79 Å². The van der Waals surface area contributed by atoms with E-state index in [1.807, 2.05) is 0 Å². The van der Waals surface area contributed by atoms with Gasteiger partial charge < -0.3 is 10.0 Å². The number of carboxylic acids is 1. The average molecular weight is 294 g/mol. The summed E-state index contributed by atoms with van der Waals surface area (Å²) in [4.78, 5) is 36.0. The molecule has 0 radical (unpaired) electrons. The van der Waals surface area contributed by atoms with E-state index in [0.29, 0.717) is 12.5 Å². The van der Waals surface area contributed by atoms with Crippen molar-refractivity contribution in [2.45, 2.75) is 39.5 Å². The second kappa shape index (κ2) is 7.11. The monoisotopic (exact) mass is 294 g/mol. The minimum Gasteiger partial charge on any atom is -0.481 e. The van der Waals surface area contributed by atoms with Crippen LogP contribution in [-0.4, -0.2) is 41.0 Å². The van der Waals surface area contributed by atoms with Crippen LogP contribution in [0, 0.1) is 23.7 Å². The SMILES string of the molecule is C#CCN(CC1CC1)C(=O)NC(=O)CC(C)(C)CC(=O)O. The van der Waals surface area contributed by atoms with Crippen molar-refractivity contribution >= 4 is 17.9 Å². The number of imide groups is 1. The fraction of sp³-hybridized carbons (Fsp3) is 0.667. The second-order valence-corrected chi connectivity index (χ2v) is 6.29. The molecule has 0 aromatic heterocycles. The molecule has 1 aliphatic rings. The summed E-state index contributed by atoms with van der Waals surface area (Å²) in [5.74, 6) is 1.43. The zero-order chi connectivity index (χ0) is 16.0. The molecule has 0 aromatic carbocycles. The van der Waals surface area contributed by atoms with Gasteiger partial charge in [0, 0.05) is 13.0 Å². The Hall–Kier alpha value is -2.03. The largest absolute Gasteiger partial charge is 0.481 e. The lowest BCUT2D eigenvalue weighted by Gasteiger charge is -2.23. The van der Waals surface area contributed by atoms with E-state index in [9.17, 15) is 14.4 Å². The first kappa shape index (κ1) is 17.0. The van der Waals surface area contributed by atoms with Gasteiger partial charge in [-0.3, -0.25) is 14.9 Å². The molecule has 6 heteroatoms. The van der Waals surface area contributed by atoms with Gasteiger partial charge >= 0.3 is 12.0 Å². The van der Waals surface area contributed by atoms with Gasteiger partial charge in [0.05, 0.1) is 13.0 Å². The molecule has 21 heavy (non-hydrogen) atoms. The molecule has 0 saturated heterocycles. The summed E-state index contributed by atoms with van der Waals surface area (Å²) >= 11 is 0. The maximum atomic E-state index is 12.0. The number of nitrogens with zero attached hydrogens (tertiary/aromatic N) is 1. The van der Waals surface area contributed by atoms with Gasteiger partial charge in [-0.15, -0.1) is 6.42 Å². The minimum absolute atomic E-state index is 0.0294. The number of urea groups is 1. The van der Waals surface area contributed by atoms with E-state index in [0.717, 1.165) is 12.8 Å². The van der Waals surface area contributed by atoms with Crippen LogP contribution in [0.5, 0.6) is 0 Å². The van der Waals surface area contributed by atoms with Crippen LogP contribution >= 0.6 is 0 Å². The average Bonchev–Trinajstić information content (AvgIpc) is 3.09. The highest BCUT2D eigenvalue weighted by atomic mass is 16.4. The molecule has 1 saturated carbocycles. The molecule has 0 atom stereocenters. The number of carbonyl (C=O) groups excluding carboxylic acids is 2. The first-order valence-electron chi connectivity index (χ1n) is 6.97. The Morgan fingerprint density at radius 3 is 2.43 bits per heavy atom. The molecule has 2 N–H and O–H groups in total. The highest BCUT2D eigenvalue weighted by Crippen LogP contribution is 2.29. The van der Waals surface area contributed by atoms with Crippen LogP contribution in [0.3, 0.4) is 0 Å². The fourth-order valence-electron chi connectivity index (χ4n) is 2.09. The zero-order valence-electron chi connectivity index (χ0n) is 12.5. The lowest BCUT2D eigenvalue weighted by molar-refractivity contribution is -0.139. The van der Waals surface area contributed by atoms with Gasteiger partial charge in [0.2, 0.25) is 5.91 Å². The number of aliphatic carboxylic acids is 1. The molecule has 0 aliphatic heterocycles. The first-order chi connectivity index (χ1) is 9.73. The van der Waals surface area contributed by atoms with E-state index in [1.165, 1.54) is 4.90 Å². The maximum absolute atomic E-state index is 12.0. The number of nitrogens with one attached hydrogen (secondary N) is 1. The normalized spacial score (nSPS) is 14.1. The van der Waals surface area contributed by atoms with Crippen LogP contribution in [0.4, 0.5) is 4.79 Å². The van der Waals surface area contributed by atoms with Crippen LogP contribution in [-0.2, 0) is 9.59 Å². The number of hydrogen-bond donors (Lipinski definition) is 2. The van der Waals surface area contributed by atoms with Crippen LogP contribution < -0.4 is 5.32 Å². The summed E-state index contributed by atoms with van der Waals surface area (Å²) in [6, 6.07) is -0.504. The van der Waals surface area contributed by atoms with Crippen molar-refractivity contribution < 1.29 is 19.5 Å². The number of amides is 3. The Morgan fingerprint density at radius 2 is 1.95 bits per heavy atom. The van der Waals surface area contributed by atoms with E-state index >= 15 is 0 Å². The van der Waals surface area contributed by atoms with Crippen LogP contribution in [0.25, 0.3) is 0 Å². The number of carbonyl (C=O) groups is 3.